The van der Waals surface area contributed by atoms with Crippen molar-refractivity contribution in [2.75, 3.05) is 0 Å². The third-order valence-electron chi connectivity index (χ3n) is 1.09. The van der Waals surface area contributed by atoms with Gasteiger partial charge in [-0.3, -0.25) is 0 Å². The van der Waals surface area contributed by atoms with E-state index in [-0.39, 0.29) is 0 Å². The molecular formula is C8H8N3+. The van der Waals surface area contributed by atoms with Gasteiger partial charge in [-0.05, 0) is 12.1 Å². The molecule has 0 saturated heterocycles. The first-order chi connectivity index (χ1) is 5.43. The summed E-state index contributed by atoms with van der Waals surface area (Å²) in [5.41, 5.74) is 0.910. The summed E-state index contributed by atoms with van der Waals surface area (Å²) in [5, 5.41) is 3.20. The second-order valence-electron chi connectivity index (χ2n) is 1.87. The first kappa shape index (κ1) is 7.29. The lowest BCUT2D eigenvalue weighted by molar-refractivity contribution is 1.27. The molecule has 0 aliphatic carbocycles. The van der Waals surface area contributed by atoms with Crippen molar-refractivity contribution in [3.63, 3.8) is 0 Å². The highest BCUT2D eigenvalue weighted by Crippen LogP contribution is 1.94. The molecule has 0 saturated carbocycles. The van der Waals surface area contributed by atoms with Gasteiger partial charge in [0.05, 0.1) is 10.7 Å². The number of nitrogens with zero attached hydrogens (tertiary/aromatic N) is 2. The zero-order valence-electron chi connectivity index (χ0n) is 5.94. The number of hydrogen-bond acceptors (Lipinski definition) is 2. The van der Waals surface area contributed by atoms with Crippen molar-refractivity contribution in [1.82, 2.24) is 0 Å². The largest absolute Gasteiger partial charge is 0.412 e. The zero-order valence-corrected chi connectivity index (χ0v) is 5.94. The zero-order chi connectivity index (χ0) is 7.94. The first-order valence-corrected chi connectivity index (χ1v) is 3.16. The van der Waals surface area contributed by atoms with E-state index in [9.17, 15) is 0 Å². The van der Waals surface area contributed by atoms with Crippen molar-refractivity contribution in [3.05, 3.63) is 40.7 Å². The Morgan fingerprint density at radius 3 is 2.73 bits per heavy atom. The van der Waals surface area contributed by atoms with Gasteiger partial charge in [0.15, 0.2) is 6.07 Å². The number of benzene rings is 1. The lowest BCUT2D eigenvalue weighted by atomic mass is 10.2. The maximum Gasteiger partial charge on any atom is 0.412 e. The fourth-order valence-electron chi connectivity index (χ4n) is 0.649. The molecule has 0 unspecified atom stereocenters. The Morgan fingerprint density at radius 1 is 1.36 bits per heavy atom. The molecule has 1 rings (SSSR count). The number of hydrazone groups is 1. The molecule has 0 bridgehead atoms. The summed E-state index contributed by atoms with van der Waals surface area (Å²) >= 11 is 0. The predicted octanol–water partition coefficient (Wildman–Crippen LogP) is 1.27. The third kappa shape index (κ3) is 2.50. The van der Waals surface area contributed by atoms with Gasteiger partial charge >= 0.3 is 6.34 Å². The van der Waals surface area contributed by atoms with Crippen molar-refractivity contribution in [2.24, 2.45) is 10.9 Å². The van der Waals surface area contributed by atoms with Crippen molar-refractivity contribution >= 4 is 6.34 Å². The van der Waals surface area contributed by atoms with Crippen LogP contribution in [0.25, 0.3) is 4.85 Å². The van der Waals surface area contributed by atoms with Crippen molar-refractivity contribution in [3.8, 4) is 6.07 Å². The summed E-state index contributed by atoms with van der Waals surface area (Å²) in [4.78, 5) is 3.69. The van der Waals surface area contributed by atoms with E-state index in [1.165, 1.54) is 6.34 Å². The van der Waals surface area contributed by atoms with Gasteiger partial charge in [-0.15, -0.1) is 0 Å². The predicted molar refractivity (Wildman–Crippen MR) is 45.5 cm³/mol. The molecule has 1 aromatic rings. The summed E-state index contributed by atoms with van der Waals surface area (Å²) in [6.45, 7) is 0. The Morgan fingerprint density at radius 2 is 2.09 bits per heavy atom. The first-order valence-electron chi connectivity index (χ1n) is 3.16. The van der Waals surface area contributed by atoms with Gasteiger partial charge in [-0.1, -0.05) is 18.2 Å². The minimum absolute atomic E-state index is 0.910. The third-order valence-corrected chi connectivity index (χ3v) is 1.09. The maximum absolute atomic E-state index is 4.83. The average molecular weight is 146 g/mol. The van der Waals surface area contributed by atoms with Crippen LogP contribution in [0.4, 0.5) is 0 Å². The smallest absolute Gasteiger partial charge is 0.230 e. The molecule has 0 aromatic heterocycles. The lowest BCUT2D eigenvalue weighted by Gasteiger charge is -1.79. The Labute approximate surface area is 65.0 Å². The molecule has 3 nitrogen and oxygen atoms in total. The second kappa shape index (κ2) is 4.07. The molecule has 0 fully saturated rings. The van der Waals surface area contributed by atoms with Crippen LogP contribution < -0.4 is 5.84 Å². The Hall–Kier alpha value is -1.82. The highest BCUT2D eigenvalue weighted by atomic mass is 15.1. The van der Waals surface area contributed by atoms with Crippen molar-refractivity contribution in [1.29, 1.82) is 0 Å². The maximum atomic E-state index is 4.83. The van der Waals surface area contributed by atoms with E-state index in [2.05, 4.69) is 16.0 Å². The van der Waals surface area contributed by atoms with Crippen LogP contribution in [0, 0.1) is 6.07 Å². The quantitative estimate of drug-likeness (QED) is 0.255. The van der Waals surface area contributed by atoms with Crippen LogP contribution in [0.1, 0.15) is 5.56 Å². The van der Waals surface area contributed by atoms with Crippen LogP contribution in [0.3, 0.4) is 0 Å². The Kier molecular flexibility index (Phi) is 2.70. The molecule has 0 spiro atoms. The second-order valence-corrected chi connectivity index (χ2v) is 1.87. The molecule has 0 radical (unpaired) electrons. The van der Waals surface area contributed by atoms with Crippen LogP contribution in [-0.4, -0.2) is 6.34 Å². The molecule has 11 heavy (non-hydrogen) atoms. The van der Waals surface area contributed by atoms with Crippen molar-refractivity contribution < 1.29 is 0 Å². The number of nitrogens with two attached hydrogens (primary N) is 1. The van der Waals surface area contributed by atoms with E-state index in [4.69, 9.17) is 5.84 Å². The Bertz CT molecular complexity index is 292. The van der Waals surface area contributed by atoms with E-state index in [0.717, 1.165) is 5.56 Å². The van der Waals surface area contributed by atoms with Gasteiger partial charge in [0.25, 0.3) is 0 Å². The number of hydrogen-bond donors (Lipinski definition) is 1. The molecule has 0 heterocycles. The van der Waals surface area contributed by atoms with Gasteiger partial charge in [0, 0.05) is 0 Å². The summed E-state index contributed by atoms with van der Waals surface area (Å²) in [7, 11) is 0. The minimum atomic E-state index is 0.910. The van der Waals surface area contributed by atoms with Crippen LogP contribution in [0.2, 0.25) is 0 Å². The monoisotopic (exact) mass is 146 g/mol. The molecule has 0 aliphatic rings. The summed E-state index contributed by atoms with van der Waals surface area (Å²) < 4.78 is 0. The van der Waals surface area contributed by atoms with E-state index in [1.54, 1.807) is 0 Å². The van der Waals surface area contributed by atoms with E-state index < -0.39 is 0 Å². The van der Waals surface area contributed by atoms with Crippen LogP contribution in [-0.2, 0) is 0 Å². The molecular weight excluding hydrogens is 138 g/mol. The lowest BCUT2D eigenvalue weighted by Crippen LogP contribution is -1.76. The minimum Gasteiger partial charge on any atom is -0.230 e. The van der Waals surface area contributed by atoms with Gasteiger partial charge in [0.2, 0.25) is 0 Å². The van der Waals surface area contributed by atoms with Crippen LogP contribution >= 0.6 is 0 Å². The number of rotatable bonds is 0. The molecule has 54 valence electrons. The Balaban J connectivity index is 2.74. The fraction of sp³-hybridized carbons (Fsp3) is 0. The molecule has 1 aromatic carbocycles. The van der Waals surface area contributed by atoms with Crippen LogP contribution in [0.15, 0.2) is 35.4 Å². The van der Waals surface area contributed by atoms with Gasteiger partial charge in [-0.2, -0.15) is 4.85 Å². The summed E-state index contributed by atoms with van der Waals surface area (Å²) in [6, 6.07) is 12.3. The molecule has 0 amide bonds. The topological polar surface area (TPSA) is 42.7 Å². The fourth-order valence-corrected chi connectivity index (χ4v) is 0.649. The summed E-state index contributed by atoms with van der Waals surface area (Å²) in [5.74, 6) is 4.83. The molecule has 0 aliphatic heterocycles. The highest BCUT2D eigenvalue weighted by Gasteiger charge is 1.84. The van der Waals surface area contributed by atoms with Crippen LogP contribution in [0.5, 0.6) is 0 Å². The molecule has 2 N–H and O–H groups in total. The van der Waals surface area contributed by atoms with E-state index >= 15 is 0 Å². The normalized spacial score (nSPS) is 9.09. The van der Waals surface area contributed by atoms with Crippen molar-refractivity contribution in [2.45, 2.75) is 0 Å². The average Bonchev–Trinajstić information content (AvgIpc) is 2.07. The van der Waals surface area contributed by atoms with E-state index in [0.29, 0.717) is 0 Å². The molecule has 0 atom stereocenters. The molecule has 3 heteroatoms. The van der Waals surface area contributed by atoms with E-state index in [1.807, 2.05) is 30.3 Å². The highest BCUT2D eigenvalue weighted by molar-refractivity contribution is 5.68. The standard InChI is InChI=1S/C8H8N3/c9-11-7-10-6-8-4-2-1-3-5-8/h1-5,7H,9H2/q+1. The van der Waals surface area contributed by atoms with Gasteiger partial charge in [-0.25, -0.2) is 5.84 Å². The van der Waals surface area contributed by atoms with Gasteiger partial charge in [0.1, 0.15) is 0 Å². The SMILES string of the molecule is NN=C[N+]#Cc1ccccc1. The summed E-state index contributed by atoms with van der Waals surface area (Å²) in [6.07, 6.45) is 1.24. The van der Waals surface area contributed by atoms with Gasteiger partial charge < -0.3 is 0 Å².